The lowest BCUT2D eigenvalue weighted by Gasteiger charge is -2.27. The summed E-state index contributed by atoms with van der Waals surface area (Å²) in [6.07, 6.45) is 0.783. The van der Waals surface area contributed by atoms with Gasteiger partial charge in [-0.15, -0.1) is 0 Å². The molecule has 2 atom stereocenters. The van der Waals surface area contributed by atoms with Gasteiger partial charge < -0.3 is 21.0 Å². The molecule has 16 heavy (non-hydrogen) atoms. The van der Waals surface area contributed by atoms with Gasteiger partial charge in [0.05, 0.1) is 12.6 Å². The maximum atomic E-state index is 8.66. The third-order valence-electron chi connectivity index (χ3n) is 2.60. The molecule has 96 valence electrons. The first-order chi connectivity index (χ1) is 7.56. The quantitative estimate of drug-likeness (QED) is 0.253. The standard InChI is InChI=1S/C11H25N3O2/c1-5-9(11(12)14-15)13-10(8(3)4)7-16-6-2/h8-10,13,15H,5-7H2,1-4H3,(H2,12,14). The maximum absolute atomic E-state index is 8.66. The van der Waals surface area contributed by atoms with Crippen molar-refractivity contribution < 1.29 is 9.94 Å². The number of nitrogens with one attached hydrogen (secondary N) is 1. The Labute approximate surface area is 98.0 Å². The van der Waals surface area contributed by atoms with Gasteiger partial charge in [-0.3, -0.25) is 0 Å². The van der Waals surface area contributed by atoms with E-state index in [0.717, 1.165) is 6.42 Å². The summed E-state index contributed by atoms with van der Waals surface area (Å²) in [5.41, 5.74) is 5.60. The van der Waals surface area contributed by atoms with E-state index in [-0.39, 0.29) is 17.9 Å². The molecule has 0 aromatic carbocycles. The predicted molar refractivity (Wildman–Crippen MR) is 65.7 cm³/mol. The Kier molecular flexibility index (Phi) is 7.93. The van der Waals surface area contributed by atoms with Crippen molar-refractivity contribution in [3.05, 3.63) is 0 Å². The topological polar surface area (TPSA) is 79.9 Å². The van der Waals surface area contributed by atoms with Gasteiger partial charge in [-0.1, -0.05) is 25.9 Å². The van der Waals surface area contributed by atoms with E-state index in [0.29, 0.717) is 19.1 Å². The fourth-order valence-corrected chi connectivity index (χ4v) is 1.42. The Bertz CT molecular complexity index is 207. The molecule has 5 nitrogen and oxygen atoms in total. The molecule has 0 rings (SSSR count). The minimum absolute atomic E-state index is 0.0992. The van der Waals surface area contributed by atoms with E-state index in [1.54, 1.807) is 0 Å². The van der Waals surface area contributed by atoms with Gasteiger partial charge in [0.2, 0.25) is 0 Å². The van der Waals surface area contributed by atoms with Gasteiger partial charge in [-0.25, -0.2) is 0 Å². The highest BCUT2D eigenvalue weighted by Crippen LogP contribution is 2.05. The van der Waals surface area contributed by atoms with Crippen molar-refractivity contribution >= 4 is 5.84 Å². The van der Waals surface area contributed by atoms with Crippen LogP contribution in [-0.2, 0) is 4.74 Å². The number of hydrogen-bond donors (Lipinski definition) is 3. The van der Waals surface area contributed by atoms with Gasteiger partial charge >= 0.3 is 0 Å². The van der Waals surface area contributed by atoms with E-state index >= 15 is 0 Å². The predicted octanol–water partition coefficient (Wildman–Crippen LogP) is 1.16. The van der Waals surface area contributed by atoms with Crippen LogP contribution >= 0.6 is 0 Å². The summed E-state index contributed by atoms with van der Waals surface area (Å²) in [7, 11) is 0. The average molecular weight is 231 g/mol. The molecule has 0 saturated heterocycles. The third-order valence-corrected chi connectivity index (χ3v) is 2.60. The Balaban J connectivity index is 4.34. The molecule has 0 aromatic heterocycles. The maximum Gasteiger partial charge on any atom is 0.156 e. The minimum atomic E-state index is -0.0992. The van der Waals surface area contributed by atoms with Gasteiger partial charge in [0.25, 0.3) is 0 Å². The first-order valence-corrected chi connectivity index (χ1v) is 5.87. The van der Waals surface area contributed by atoms with E-state index in [4.69, 9.17) is 15.7 Å². The van der Waals surface area contributed by atoms with Crippen LogP contribution < -0.4 is 11.1 Å². The molecule has 0 aliphatic rings. The fourth-order valence-electron chi connectivity index (χ4n) is 1.42. The van der Waals surface area contributed by atoms with Crippen molar-refractivity contribution in [2.45, 2.75) is 46.2 Å². The van der Waals surface area contributed by atoms with Crippen LogP contribution in [0, 0.1) is 5.92 Å². The summed E-state index contributed by atoms with van der Waals surface area (Å²) >= 11 is 0. The molecular weight excluding hydrogens is 206 g/mol. The van der Waals surface area contributed by atoms with Gasteiger partial charge in [-0.2, -0.15) is 0 Å². The number of hydrogen-bond acceptors (Lipinski definition) is 4. The zero-order chi connectivity index (χ0) is 12.6. The van der Waals surface area contributed by atoms with Crippen LogP contribution in [0.2, 0.25) is 0 Å². The number of ether oxygens (including phenoxy) is 1. The lowest BCUT2D eigenvalue weighted by atomic mass is 10.0. The summed E-state index contributed by atoms with van der Waals surface area (Å²) in [5, 5.41) is 15.0. The molecule has 0 heterocycles. The lowest BCUT2D eigenvalue weighted by Crippen LogP contribution is -2.50. The molecule has 0 aliphatic heterocycles. The molecule has 0 fully saturated rings. The van der Waals surface area contributed by atoms with E-state index in [9.17, 15) is 0 Å². The molecule has 5 heteroatoms. The molecule has 2 unspecified atom stereocenters. The summed E-state index contributed by atoms with van der Waals surface area (Å²) in [6.45, 7) is 9.55. The van der Waals surface area contributed by atoms with Crippen LogP contribution in [0.1, 0.15) is 34.1 Å². The Morgan fingerprint density at radius 2 is 2.06 bits per heavy atom. The average Bonchev–Trinajstić information content (AvgIpc) is 2.28. The fraction of sp³-hybridized carbons (Fsp3) is 0.909. The second-order valence-corrected chi connectivity index (χ2v) is 4.16. The second kappa shape index (κ2) is 8.35. The molecule has 0 saturated carbocycles. The molecule has 0 spiro atoms. The van der Waals surface area contributed by atoms with Crippen LogP contribution in [0.15, 0.2) is 5.16 Å². The largest absolute Gasteiger partial charge is 0.409 e. The molecular formula is C11H25N3O2. The molecule has 0 bridgehead atoms. The van der Waals surface area contributed by atoms with Crippen LogP contribution in [0.5, 0.6) is 0 Å². The summed E-state index contributed by atoms with van der Waals surface area (Å²) in [6, 6.07) is 0.114. The monoisotopic (exact) mass is 231 g/mol. The number of nitrogens with zero attached hydrogens (tertiary/aromatic N) is 1. The summed E-state index contributed by atoms with van der Waals surface area (Å²) in [4.78, 5) is 0. The lowest BCUT2D eigenvalue weighted by molar-refractivity contribution is 0.106. The van der Waals surface area contributed by atoms with E-state index in [1.807, 2.05) is 13.8 Å². The highest BCUT2D eigenvalue weighted by Gasteiger charge is 2.19. The van der Waals surface area contributed by atoms with Crippen molar-refractivity contribution in [2.24, 2.45) is 16.8 Å². The van der Waals surface area contributed by atoms with Crippen molar-refractivity contribution in [3.63, 3.8) is 0 Å². The zero-order valence-electron chi connectivity index (χ0n) is 10.7. The van der Waals surface area contributed by atoms with Crippen LogP contribution in [0.3, 0.4) is 0 Å². The first-order valence-electron chi connectivity index (χ1n) is 5.87. The van der Waals surface area contributed by atoms with E-state index < -0.39 is 0 Å². The van der Waals surface area contributed by atoms with Crippen molar-refractivity contribution in [1.82, 2.24) is 5.32 Å². The third kappa shape index (κ3) is 5.32. The highest BCUT2D eigenvalue weighted by molar-refractivity contribution is 5.85. The van der Waals surface area contributed by atoms with E-state index in [1.165, 1.54) is 0 Å². The van der Waals surface area contributed by atoms with Crippen molar-refractivity contribution in [3.8, 4) is 0 Å². The van der Waals surface area contributed by atoms with Crippen LogP contribution in [0.25, 0.3) is 0 Å². The Morgan fingerprint density at radius 1 is 1.44 bits per heavy atom. The van der Waals surface area contributed by atoms with Gasteiger partial charge in [0.1, 0.15) is 0 Å². The molecule has 0 amide bonds. The smallest absolute Gasteiger partial charge is 0.156 e. The second-order valence-electron chi connectivity index (χ2n) is 4.16. The molecule has 0 aromatic rings. The van der Waals surface area contributed by atoms with Crippen LogP contribution in [0.4, 0.5) is 0 Å². The minimum Gasteiger partial charge on any atom is -0.409 e. The summed E-state index contributed by atoms with van der Waals surface area (Å²) < 4.78 is 5.41. The van der Waals surface area contributed by atoms with Crippen molar-refractivity contribution in [2.75, 3.05) is 13.2 Å². The zero-order valence-corrected chi connectivity index (χ0v) is 10.7. The highest BCUT2D eigenvalue weighted by atomic mass is 16.5. The summed E-state index contributed by atoms with van der Waals surface area (Å²) in [5.74, 6) is 0.664. The van der Waals surface area contributed by atoms with Gasteiger partial charge in [-0.05, 0) is 19.3 Å². The Morgan fingerprint density at radius 3 is 2.44 bits per heavy atom. The molecule has 4 N–H and O–H groups in total. The number of nitrogens with two attached hydrogens (primary N) is 1. The Hall–Kier alpha value is -0.810. The molecule has 0 radical (unpaired) electrons. The van der Waals surface area contributed by atoms with Gasteiger partial charge in [0, 0.05) is 12.6 Å². The number of amidine groups is 1. The number of rotatable bonds is 8. The van der Waals surface area contributed by atoms with E-state index in [2.05, 4.69) is 24.3 Å². The first kappa shape index (κ1) is 15.2. The molecule has 0 aliphatic carbocycles. The SMILES string of the molecule is CCOCC(NC(CC)C(N)=NO)C(C)C. The van der Waals surface area contributed by atoms with Gasteiger partial charge in [0.15, 0.2) is 5.84 Å². The van der Waals surface area contributed by atoms with Crippen molar-refractivity contribution in [1.29, 1.82) is 0 Å². The number of oxime groups is 1. The normalized spacial score (nSPS) is 16.4. The van der Waals surface area contributed by atoms with Crippen LogP contribution in [-0.4, -0.2) is 36.3 Å².